The number of nitrogens with one attached hydrogen (secondary N) is 1. The molecule has 0 saturated heterocycles. The van der Waals surface area contributed by atoms with Crippen molar-refractivity contribution in [3.05, 3.63) is 70.7 Å². The summed E-state index contributed by atoms with van der Waals surface area (Å²) >= 11 is 0. The van der Waals surface area contributed by atoms with Gasteiger partial charge in [-0.3, -0.25) is 9.59 Å². The van der Waals surface area contributed by atoms with Gasteiger partial charge in [0.2, 0.25) is 5.91 Å². The molecule has 1 aliphatic rings. The first-order valence-corrected chi connectivity index (χ1v) is 10.8. The van der Waals surface area contributed by atoms with Crippen LogP contribution in [0.5, 0.6) is 0 Å². The number of aromatic nitrogens is 1. The van der Waals surface area contributed by atoms with Crippen LogP contribution in [0.25, 0.3) is 10.9 Å². The Kier molecular flexibility index (Phi) is 6.07. The lowest BCUT2D eigenvalue weighted by Gasteiger charge is -2.25. The maximum absolute atomic E-state index is 13.9. The number of carbonyl (C=O) groups excluding carboxylic acids is 1. The molecule has 0 radical (unpaired) electrons. The number of amides is 1. The maximum atomic E-state index is 13.9. The van der Waals surface area contributed by atoms with Crippen LogP contribution >= 0.6 is 0 Å². The number of carboxylic acids is 1. The van der Waals surface area contributed by atoms with E-state index in [1.54, 1.807) is 10.6 Å². The molecule has 0 unspecified atom stereocenters. The number of carbonyl (C=O) groups is 2. The van der Waals surface area contributed by atoms with Crippen LogP contribution in [0.2, 0.25) is 0 Å². The third kappa shape index (κ3) is 4.63. The quantitative estimate of drug-likeness (QED) is 0.604. The summed E-state index contributed by atoms with van der Waals surface area (Å²) < 4.78 is 15.7. The van der Waals surface area contributed by atoms with Crippen LogP contribution in [0.4, 0.5) is 4.39 Å². The van der Waals surface area contributed by atoms with Crippen LogP contribution in [0.15, 0.2) is 42.5 Å². The Balaban J connectivity index is 1.45. The average molecular weight is 423 g/mol. The second-order valence-electron chi connectivity index (χ2n) is 8.24. The van der Waals surface area contributed by atoms with E-state index >= 15 is 0 Å². The molecule has 1 aliphatic carbocycles. The Morgan fingerprint density at radius 3 is 2.61 bits per heavy atom. The van der Waals surface area contributed by atoms with Crippen molar-refractivity contribution in [1.82, 2.24) is 9.88 Å². The standard InChI is InChI=1S/C25H27FN2O3/c1-2-16-3-5-17(6-4-16)7-12-24(29)27-19-9-11-23-21(14-19)20-13-18(26)8-10-22(20)28(23)15-25(30)31/h3-6,8,10,13,19H,2,7,9,11-12,14-15H2,1H3,(H,27,29)(H,30,31)/t19-/m0/s1. The number of nitrogens with zero attached hydrogens (tertiary/aromatic N) is 1. The Labute approximate surface area is 180 Å². The molecule has 1 aromatic heterocycles. The van der Waals surface area contributed by atoms with Crippen molar-refractivity contribution in [2.45, 2.75) is 58.0 Å². The fourth-order valence-corrected chi connectivity index (χ4v) is 4.56. The van der Waals surface area contributed by atoms with Crippen molar-refractivity contribution in [2.24, 2.45) is 0 Å². The summed E-state index contributed by atoms with van der Waals surface area (Å²) in [5.74, 6) is -1.26. The van der Waals surface area contributed by atoms with E-state index in [4.69, 9.17) is 0 Å². The molecule has 2 aromatic carbocycles. The number of aliphatic carboxylic acids is 1. The van der Waals surface area contributed by atoms with Crippen molar-refractivity contribution in [3.8, 4) is 0 Å². The van der Waals surface area contributed by atoms with Crippen molar-refractivity contribution >= 4 is 22.8 Å². The molecule has 0 spiro atoms. The van der Waals surface area contributed by atoms with E-state index < -0.39 is 5.97 Å². The van der Waals surface area contributed by atoms with Gasteiger partial charge in [0, 0.05) is 29.1 Å². The fourth-order valence-electron chi connectivity index (χ4n) is 4.56. The monoisotopic (exact) mass is 422 g/mol. The maximum Gasteiger partial charge on any atom is 0.323 e. The Morgan fingerprint density at radius 2 is 1.90 bits per heavy atom. The predicted octanol–water partition coefficient (Wildman–Crippen LogP) is 4.03. The molecule has 6 heteroatoms. The van der Waals surface area contributed by atoms with E-state index in [1.807, 2.05) is 0 Å². The molecule has 1 amide bonds. The molecular formula is C25H27FN2O3. The first-order valence-electron chi connectivity index (χ1n) is 10.8. The number of aryl methyl sites for hydroxylation is 2. The molecule has 31 heavy (non-hydrogen) atoms. The lowest BCUT2D eigenvalue weighted by Crippen LogP contribution is -2.39. The van der Waals surface area contributed by atoms with E-state index in [0.29, 0.717) is 25.7 Å². The highest BCUT2D eigenvalue weighted by Gasteiger charge is 2.27. The van der Waals surface area contributed by atoms with Gasteiger partial charge in [-0.25, -0.2) is 4.39 Å². The largest absolute Gasteiger partial charge is 0.480 e. The summed E-state index contributed by atoms with van der Waals surface area (Å²) in [6.45, 7) is 1.97. The molecule has 5 nitrogen and oxygen atoms in total. The highest BCUT2D eigenvalue weighted by atomic mass is 19.1. The smallest absolute Gasteiger partial charge is 0.323 e. The highest BCUT2D eigenvalue weighted by molar-refractivity contribution is 5.87. The molecule has 0 bridgehead atoms. The number of fused-ring (bicyclic) bond motifs is 3. The molecular weight excluding hydrogens is 395 g/mol. The lowest BCUT2D eigenvalue weighted by molar-refractivity contribution is -0.137. The van der Waals surface area contributed by atoms with Crippen LogP contribution in [-0.2, 0) is 41.8 Å². The van der Waals surface area contributed by atoms with Gasteiger partial charge in [0.1, 0.15) is 12.4 Å². The average Bonchev–Trinajstić information content (AvgIpc) is 3.04. The topological polar surface area (TPSA) is 71.3 Å². The molecule has 3 aromatic rings. The Morgan fingerprint density at radius 1 is 1.16 bits per heavy atom. The third-order valence-corrected chi connectivity index (χ3v) is 6.16. The lowest BCUT2D eigenvalue weighted by atomic mass is 9.91. The number of halogens is 1. The van der Waals surface area contributed by atoms with E-state index in [9.17, 15) is 19.1 Å². The summed E-state index contributed by atoms with van der Waals surface area (Å²) in [4.78, 5) is 23.9. The molecule has 1 heterocycles. The van der Waals surface area contributed by atoms with Gasteiger partial charge in [-0.05, 0) is 67.0 Å². The minimum absolute atomic E-state index is 0.00785. The van der Waals surface area contributed by atoms with Crippen molar-refractivity contribution in [1.29, 1.82) is 0 Å². The van der Waals surface area contributed by atoms with E-state index in [2.05, 4.69) is 36.5 Å². The van der Waals surface area contributed by atoms with Gasteiger partial charge in [-0.1, -0.05) is 31.2 Å². The molecule has 162 valence electrons. The first kappa shape index (κ1) is 21.1. The molecule has 4 rings (SSSR count). The number of hydrogen-bond donors (Lipinski definition) is 2. The Hall–Kier alpha value is -3.15. The SMILES string of the molecule is CCc1ccc(CCC(=O)N[C@H]2CCc3c(c4cc(F)ccc4n3CC(=O)O)C2)cc1. The zero-order valence-corrected chi connectivity index (χ0v) is 17.7. The van der Waals surface area contributed by atoms with Gasteiger partial charge in [-0.15, -0.1) is 0 Å². The van der Waals surface area contributed by atoms with Gasteiger partial charge in [0.05, 0.1) is 0 Å². The summed E-state index contributed by atoms with van der Waals surface area (Å²) in [6, 6.07) is 12.8. The summed E-state index contributed by atoms with van der Waals surface area (Å²) in [6.07, 6.45) is 4.09. The van der Waals surface area contributed by atoms with Crippen LogP contribution in [0.3, 0.4) is 0 Å². The van der Waals surface area contributed by atoms with Crippen molar-refractivity contribution in [3.63, 3.8) is 0 Å². The van der Waals surface area contributed by atoms with Crippen LogP contribution in [0.1, 0.15) is 42.1 Å². The zero-order chi connectivity index (χ0) is 22.0. The number of hydrogen-bond acceptors (Lipinski definition) is 2. The number of carboxylic acid groups (broad SMARTS) is 1. The van der Waals surface area contributed by atoms with Gasteiger partial charge < -0.3 is 15.0 Å². The fraction of sp³-hybridized carbons (Fsp3) is 0.360. The molecule has 0 saturated carbocycles. The summed E-state index contributed by atoms with van der Waals surface area (Å²) in [5, 5.41) is 13.2. The third-order valence-electron chi connectivity index (χ3n) is 6.16. The van der Waals surface area contributed by atoms with E-state index in [-0.39, 0.29) is 24.3 Å². The number of rotatable bonds is 7. The van der Waals surface area contributed by atoms with Crippen LogP contribution < -0.4 is 5.32 Å². The molecule has 0 aliphatic heterocycles. The predicted molar refractivity (Wildman–Crippen MR) is 118 cm³/mol. The van der Waals surface area contributed by atoms with Crippen molar-refractivity contribution < 1.29 is 19.1 Å². The van der Waals surface area contributed by atoms with Crippen molar-refractivity contribution in [2.75, 3.05) is 0 Å². The molecule has 1 atom stereocenters. The van der Waals surface area contributed by atoms with E-state index in [1.165, 1.54) is 17.7 Å². The minimum atomic E-state index is -0.925. The molecule has 2 N–H and O–H groups in total. The van der Waals surface area contributed by atoms with Crippen LogP contribution in [0, 0.1) is 5.82 Å². The summed E-state index contributed by atoms with van der Waals surface area (Å²) in [5.41, 5.74) is 5.04. The zero-order valence-electron chi connectivity index (χ0n) is 17.7. The highest BCUT2D eigenvalue weighted by Crippen LogP contribution is 2.33. The van der Waals surface area contributed by atoms with Gasteiger partial charge in [0.25, 0.3) is 0 Å². The Bertz CT molecular complexity index is 1120. The van der Waals surface area contributed by atoms with Crippen LogP contribution in [-0.4, -0.2) is 27.6 Å². The second-order valence-corrected chi connectivity index (χ2v) is 8.24. The number of benzene rings is 2. The molecule has 0 fully saturated rings. The van der Waals surface area contributed by atoms with Gasteiger partial charge in [0.15, 0.2) is 0 Å². The minimum Gasteiger partial charge on any atom is -0.480 e. The normalized spacial score (nSPS) is 15.6. The van der Waals surface area contributed by atoms with E-state index in [0.717, 1.165) is 40.6 Å². The van der Waals surface area contributed by atoms with Gasteiger partial charge in [-0.2, -0.15) is 0 Å². The first-order chi connectivity index (χ1) is 14.9. The second kappa shape index (κ2) is 8.92. The van der Waals surface area contributed by atoms with Gasteiger partial charge >= 0.3 is 5.97 Å². The summed E-state index contributed by atoms with van der Waals surface area (Å²) in [7, 11) is 0.